The third-order valence-corrected chi connectivity index (χ3v) is 2.83. The van der Waals surface area contributed by atoms with E-state index in [0.29, 0.717) is 15.8 Å². The van der Waals surface area contributed by atoms with Crippen LogP contribution in [0.1, 0.15) is 11.7 Å². The van der Waals surface area contributed by atoms with Crippen molar-refractivity contribution in [2.75, 3.05) is 7.11 Å². The highest BCUT2D eigenvalue weighted by molar-refractivity contribution is 9.10. The van der Waals surface area contributed by atoms with Gasteiger partial charge < -0.3 is 20.7 Å². The zero-order valence-corrected chi connectivity index (χ0v) is 10.1. The molecule has 16 heavy (non-hydrogen) atoms. The van der Waals surface area contributed by atoms with Crippen LogP contribution in [0.2, 0.25) is 0 Å². The maximum atomic E-state index is 10.7. The van der Waals surface area contributed by atoms with Crippen LogP contribution >= 0.6 is 15.9 Å². The van der Waals surface area contributed by atoms with Gasteiger partial charge in [-0.05, 0) is 18.2 Å². The van der Waals surface area contributed by atoms with Gasteiger partial charge in [-0.2, -0.15) is 0 Å². The highest BCUT2D eigenvalue weighted by Gasteiger charge is 2.25. The van der Waals surface area contributed by atoms with Gasteiger partial charge in [-0.3, -0.25) is 4.79 Å². The van der Waals surface area contributed by atoms with Crippen LogP contribution in [-0.2, 0) is 4.79 Å². The van der Waals surface area contributed by atoms with Crippen LogP contribution in [0.5, 0.6) is 5.75 Å². The second kappa shape index (κ2) is 5.29. The second-order valence-corrected chi connectivity index (χ2v) is 4.03. The summed E-state index contributed by atoms with van der Waals surface area (Å²) in [6, 6.07) is 4.84. The molecule has 0 spiro atoms. The molecule has 1 rings (SSSR count). The smallest absolute Gasteiger partial charge is 0.249 e. The highest BCUT2D eigenvalue weighted by atomic mass is 79.9. The molecular weight excluding hydrogens is 278 g/mol. The summed E-state index contributed by atoms with van der Waals surface area (Å²) in [5, 5.41) is 19.1. The van der Waals surface area contributed by atoms with Crippen LogP contribution in [0.3, 0.4) is 0 Å². The number of nitrogens with two attached hydrogens (primary N) is 1. The van der Waals surface area contributed by atoms with Crippen molar-refractivity contribution in [1.82, 2.24) is 0 Å². The Hall–Kier alpha value is -1.11. The van der Waals surface area contributed by atoms with E-state index >= 15 is 0 Å². The number of aliphatic hydroxyl groups excluding tert-OH is 2. The fourth-order valence-corrected chi connectivity index (χ4v) is 1.68. The number of methoxy groups -OCH3 is 1. The Morgan fingerprint density at radius 1 is 1.50 bits per heavy atom. The minimum Gasteiger partial charge on any atom is -0.497 e. The predicted octanol–water partition coefficient (Wildman–Crippen LogP) is 0.337. The molecule has 0 radical (unpaired) electrons. The lowest BCUT2D eigenvalue weighted by molar-refractivity contribution is -0.132. The van der Waals surface area contributed by atoms with Crippen molar-refractivity contribution in [3.63, 3.8) is 0 Å². The number of hydrogen-bond donors (Lipinski definition) is 3. The molecule has 6 heteroatoms. The molecule has 88 valence electrons. The average Bonchev–Trinajstić information content (AvgIpc) is 2.27. The number of carbonyl (C=O) groups excluding carboxylic acids is 1. The van der Waals surface area contributed by atoms with E-state index in [1.54, 1.807) is 12.1 Å². The van der Waals surface area contributed by atoms with Crippen molar-refractivity contribution >= 4 is 21.8 Å². The van der Waals surface area contributed by atoms with Gasteiger partial charge in [-0.15, -0.1) is 0 Å². The lowest BCUT2D eigenvalue weighted by atomic mass is 10.0. The topological polar surface area (TPSA) is 92.8 Å². The summed E-state index contributed by atoms with van der Waals surface area (Å²) in [4.78, 5) is 10.7. The number of hydrogen-bond acceptors (Lipinski definition) is 4. The zero-order valence-electron chi connectivity index (χ0n) is 8.55. The molecule has 1 aromatic rings. The van der Waals surface area contributed by atoms with E-state index in [4.69, 9.17) is 10.5 Å². The van der Waals surface area contributed by atoms with Crippen LogP contribution in [0.4, 0.5) is 0 Å². The first-order chi connectivity index (χ1) is 7.47. The molecule has 1 aromatic carbocycles. The fourth-order valence-electron chi connectivity index (χ4n) is 1.20. The van der Waals surface area contributed by atoms with E-state index in [0.717, 1.165) is 0 Å². The van der Waals surface area contributed by atoms with E-state index in [2.05, 4.69) is 15.9 Å². The largest absolute Gasteiger partial charge is 0.497 e. The third kappa shape index (κ3) is 2.72. The minimum absolute atomic E-state index is 0.339. The Morgan fingerprint density at radius 2 is 2.12 bits per heavy atom. The van der Waals surface area contributed by atoms with Gasteiger partial charge in [0.2, 0.25) is 5.91 Å². The number of amides is 1. The van der Waals surface area contributed by atoms with Crippen LogP contribution in [0, 0.1) is 0 Å². The predicted molar refractivity (Wildman–Crippen MR) is 60.9 cm³/mol. The van der Waals surface area contributed by atoms with Gasteiger partial charge in [0.15, 0.2) is 6.10 Å². The first-order valence-electron chi connectivity index (χ1n) is 4.46. The Morgan fingerprint density at radius 3 is 2.62 bits per heavy atom. The van der Waals surface area contributed by atoms with E-state index < -0.39 is 18.1 Å². The quantitative estimate of drug-likeness (QED) is 0.745. The van der Waals surface area contributed by atoms with Gasteiger partial charge >= 0.3 is 0 Å². The number of ether oxygens (including phenoxy) is 1. The SMILES string of the molecule is COc1ccc(Br)c(C(O)C(O)C(N)=O)c1. The van der Waals surface area contributed by atoms with Crippen molar-refractivity contribution in [1.29, 1.82) is 0 Å². The van der Waals surface area contributed by atoms with Crippen molar-refractivity contribution in [2.45, 2.75) is 12.2 Å². The molecule has 0 aromatic heterocycles. The molecule has 4 N–H and O–H groups in total. The van der Waals surface area contributed by atoms with Gasteiger partial charge in [0.25, 0.3) is 0 Å². The summed E-state index contributed by atoms with van der Waals surface area (Å²) in [6.07, 6.45) is -3.04. The van der Waals surface area contributed by atoms with Crippen molar-refractivity contribution in [3.8, 4) is 5.75 Å². The molecule has 2 unspecified atom stereocenters. The number of rotatable bonds is 4. The van der Waals surface area contributed by atoms with E-state index in [1.807, 2.05) is 0 Å². The molecule has 2 atom stereocenters. The van der Waals surface area contributed by atoms with Crippen molar-refractivity contribution < 1.29 is 19.7 Å². The van der Waals surface area contributed by atoms with Crippen molar-refractivity contribution in [2.24, 2.45) is 5.73 Å². The van der Waals surface area contributed by atoms with Crippen LogP contribution in [0.15, 0.2) is 22.7 Å². The van der Waals surface area contributed by atoms with Gasteiger partial charge in [0.1, 0.15) is 11.9 Å². The Balaban J connectivity index is 3.06. The summed E-state index contributed by atoms with van der Waals surface area (Å²) in [5.74, 6) is -0.476. The Bertz CT molecular complexity index is 396. The first-order valence-corrected chi connectivity index (χ1v) is 5.25. The molecule has 0 fully saturated rings. The second-order valence-electron chi connectivity index (χ2n) is 3.18. The van der Waals surface area contributed by atoms with Gasteiger partial charge in [0.05, 0.1) is 7.11 Å². The molecule has 0 heterocycles. The molecule has 0 aliphatic carbocycles. The number of aliphatic hydroxyl groups is 2. The maximum Gasteiger partial charge on any atom is 0.249 e. The summed E-state index contributed by atoms with van der Waals surface area (Å²) in [7, 11) is 1.48. The molecule has 0 saturated heterocycles. The van der Waals surface area contributed by atoms with Gasteiger partial charge in [-0.25, -0.2) is 0 Å². The summed E-state index contributed by atoms with van der Waals surface area (Å²) >= 11 is 3.20. The molecule has 0 saturated carbocycles. The highest BCUT2D eigenvalue weighted by Crippen LogP contribution is 2.29. The summed E-state index contributed by atoms with van der Waals surface area (Å²) in [5.41, 5.74) is 5.24. The van der Waals surface area contributed by atoms with Crippen LogP contribution in [-0.4, -0.2) is 29.3 Å². The molecule has 5 nitrogen and oxygen atoms in total. The number of halogens is 1. The molecular formula is C10H12BrNO4. The maximum absolute atomic E-state index is 10.7. The minimum atomic E-state index is -1.65. The van der Waals surface area contributed by atoms with Gasteiger partial charge in [-0.1, -0.05) is 15.9 Å². The van der Waals surface area contributed by atoms with E-state index in [-0.39, 0.29) is 0 Å². The summed E-state index contributed by atoms with van der Waals surface area (Å²) in [6.45, 7) is 0. The molecule has 0 aliphatic heterocycles. The fraction of sp³-hybridized carbons (Fsp3) is 0.300. The van der Waals surface area contributed by atoms with Gasteiger partial charge in [0, 0.05) is 10.0 Å². The average molecular weight is 290 g/mol. The van der Waals surface area contributed by atoms with E-state index in [1.165, 1.54) is 13.2 Å². The zero-order chi connectivity index (χ0) is 12.3. The number of primary amides is 1. The van der Waals surface area contributed by atoms with Crippen molar-refractivity contribution in [3.05, 3.63) is 28.2 Å². The van der Waals surface area contributed by atoms with E-state index in [9.17, 15) is 15.0 Å². The normalized spacial score (nSPS) is 14.2. The van der Waals surface area contributed by atoms with Crippen LogP contribution < -0.4 is 10.5 Å². The standard InChI is InChI=1S/C10H12BrNO4/c1-16-5-2-3-7(11)6(4-5)8(13)9(14)10(12)15/h2-4,8-9,13-14H,1H3,(H2,12,15). The first kappa shape index (κ1) is 13.0. The Kier molecular flexibility index (Phi) is 4.28. The number of carbonyl (C=O) groups is 1. The Labute approximate surface area is 101 Å². The molecule has 1 amide bonds. The molecule has 0 bridgehead atoms. The number of benzene rings is 1. The van der Waals surface area contributed by atoms with Crippen LogP contribution in [0.25, 0.3) is 0 Å². The molecule has 0 aliphatic rings. The summed E-state index contributed by atoms with van der Waals surface area (Å²) < 4.78 is 5.53. The third-order valence-electron chi connectivity index (χ3n) is 2.11. The monoisotopic (exact) mass is 289 g/mol. The lowest BCUT2D eigenvalue weighted by Gasteiger charge is -2.17. The lowest BCUT2D eigenvalue weighted by Crippen LogP contribution is -2.34.